The lowest BCUT2D eigenvalue weighted by molar-refractivity contribution is 0.481. The van der Waals surface area contributed by atoms with Crippen LogP contribution in [0.1, 0.15) is 5.69 Å². The third kappa shape index (κ3) is 1.79. The van der Waals surface area contributed by atoms with Crippen molar-refractivity contribution in [3.8, 4) is 11.5 Å². The van der Waals surface area contributed by atoms with Gasteiger partial charge in [-0.2, -0.15) is 5.10 Å². The molecule has 5 heteroatoms. The summed E-state index contributed by atoms with van der Waals surface area (Å²) >= 11 is 0. The number of aryl methyl sites for hydroxylation is 1. The molecule has 0 spiro atoms. The molecular weight excluding hydrogens is 233 g/mol. The van der Waals surface area contributed by atoms with Crippen LogP contribution >= 0.6 is 0 Å². The van der Waals surface area contributed by atoms with Crippen LogP contribution in [0.3, 0.4) is 0 Å². The Kier molecular flexibility index (Phi) is 2.44. The van der Waals surface area contributed by atoms with Crippen molar-refractivity contribution in [2.75, 3.05) is 0 Å². The molecule has 1 N–H and O–H groups in total. The smallest absolute Gasteiger partial charge is 0.184 e. The monoisotopic (exact) mass is 243 g/mol. The largest absolute Gasteiger partial charge is 0.456 e. The number of pyridine rings is 1. The van der Waals surface area contributed by atoms with Crippen LogP contribution in [0.25, 0.3) is 11.0 Å². The maximum Gasteiger partial charge on any atom is 0.184 e. The first-order valence-electron chi connectivity index (χ1n) is 5.47. The van der Waals surface area contributed by atoms with Crippen molar-refractivity contribution >= 4 is 11.0 Å². The van der Waals surface area contributed by atoms with Crippen molar-refractivity contribution in [2.24, 2.45) is 0 Å². The lowest BCUT2D eigenvalue weighted by Gasteiger charge is -2.06. The molecule has 2 aromatic heterocycles. The van der Waals surface area contributed by atoms with Gasteiger partial charge in [-0.3, -0.25) is 5.10 Å². The average Bonchev–Trinajstić information content (AvgIpc) is 2.72. The predicted molar refractivity (Wildman–Crippen MR) is 65.1 cm³/mol. The Morgan fingerprint density at radius 1 is 1.28 bits per heavy atom. The summed E-state index contributed by atoms with van der Waals surface area (Å²) in [6.45, 7) is 1.88. The van der Waals surface area contributed by atoms with Crippen molar-refractivity contribution in [1.82, 2.24) is 15.2 Å². The Morgan fingerprint density at radius 2 is 2.17 bits per heavy atom. The van der Waals surface area contributed by atoms with E-state index in [1.807, 2.05) is 6.92 Å². The van der Waals surface area contributed by atoms with Crippen molar-refractivity contribution in [1.29, 1.82) is 0 Å². The van der Waals surface area contributed by atoms with E-state index < -0.39 is 0 Å². The summed E-state index contributed by atoms with van der Waals surface area (Å²) in [5.41, 5.74) is 1.45. The Labute approximate surface area is 102 Å². The van der Waals surface area contributed by atoms with Crippen LogP contribution in [-0.2, 0) is 0 Å². The molecule has 1 aromatic carbocycles. The molecule has 18 heavy (non-hydrogen) atoms. The molecule has 0 aliphatic heterocycles. The van der Waals surface area contributed by atoms with Gasteiger partial charge in [-0.05, 0) is 25.1 Å². The number of nitrogens with zero attached hydrogens (tertiary/aromatic N) is 2. The Bertz CT molecular complexity index is 708. The summed E-state index contributed by atoms with van der Waals surface area (Å²) < 4.78 is 18.8. The molecule has 4 nitrogen and oxygen atoms in total. The van der Waals surface area contributed by atoms with Crippen LogP contribution in [-0.4, -0.2) is 15.2 Å². The van der Waals surface area contributed by atoms with Crippen LogP contribution in [0.2, 0.25) is 0 Å². The van der Waals surface area contributed by atoms with E-state index in [2.05, 4.69) is 15.2 Å². The molecule has 3 aromatic rings. The van der Waals surface area contributed by atoms with Crippen LogP contribution in [0.4, 0.5) is 4.39 Å². The number of rotatable bonds is 2. The van der Waals surface area contributed by atoms with Gasteiger partial charge in [0, 0.05) is 18.0 Å². The molecule has 0 saturated heterocycles. The Balaban J connectivity index is 2.07. The second-order valence-corrected chi connectivity index (χ2v) is 3.92. The molecule has 0 aliphatic carbocycles. The van der Waals surface area contributed by atoms with E-state index in [4.69, 9.17) is 4.74 Å². The van der Waals surface area contributed by atoms with Gasteiger partial charge in [0.1, 0.15) is 17.3 Å². The maximum atomic E-state index is 13.1. The van der Waals surface area contributed by atoms with Gasteiger partial charge in [-0.25, -0.2) is 9.37 Å². The topological polar surface area (TPSA) is 50.8 Å². The third-order valence-corrected chi connectivity index (χ3v) is 2.62. The van der Waals surface area contributed by atoms with E-state index >= 15 is 0 Å². The number of aromatic amines is 1. The summed E-state index contributed by atoms with van der Waals surface area (Å²) in [6, 6.07) is 7.74. The fourth-order valence-corrected chi connectivity index (χ4v) is 1.81. The molecular formula is C13H10FN3O. The first-order chi connectivity index (χ1) is 8.74. The lowest BCUT2D eigenvalue weighted by Crippen LogP contribution is -1.88. The van der Waals surface area contributed by atoms with Crippen LogP contribution < -0.4 is 4.74 Å². The Hall–Kier alpha value is -2.43. The van der Waals surface area contributed by atoms with E-state index in [1.165, 1.54) is 12.1 Å². The zero-order valence-electron chi connectivity index (χ0n) is 9.64. The standard InChI is InChI=1S/C13H10FN3O/c1-8-12-11(5-6-15-13(12)17-16-8)18-10-4-2-3-9(14)7-10/h2-7H,1H3,(H,15,16,17). The van der Waals surface area contributed by atoms with E-state index in [0.717, 1.165) is 11.1 Å². The van der Waals surface area contributed by atoms with Gasteiger partial charge < -0.3 is 4.74 Å². The molecule has 0 amide bonds. The summed E-state index contributed by atoms with van der Waals surface area (Å²) in [7, 11) is 0. The van der Waals surface area contributed by atoms with E-state index in [1.54, 1.807) is 24.4 Å². The minimum Gasteiger partial charge on any atom is -0.456 e. The van der Waals surface area contributed by atoms with E-state index in [-0.39, 0.29) is 5.82 Å². The molecule has 2 heterocycles. The SMILES string of the molecule is Cc1[nH]nc2nccc(Oc3cccc(F)c3)c12. The Morgan fingerprint density at radius 3 is 3.00 bits per heavy atom. The van der Waals surface area contributed by atoms with Crippen molar-refractivity contribution in [3.63, 3.8) is 0 Å². The summed E-state index contributed by atoms with van der Waals surface area (Å²) in [6.07, 6.45) is 1.61. The van der Waals surface area contributed by atoms with Gasteiger partial charge in [0.05, 0.1) is 5.39 Å². The third-order valence-electron chi connectivity index (χ3n) is 2.62. The fraction of sp³-hybridized carbons (Fsp3) is 0.0769. The van der Waals surface area contributed by atoms with Gasteiger partial charge >= 0.3 is 0 Å². The highest BCUT2D eigenvalue weighted by molar-refractivity contribution is 5.84. The highest BCUT2D eigenvalue weighted by Crippen LogP contribution is 2.29. The van der Waals surface area contributed by atoms with Gasteiger partial charge in [-0.1, -0.05) is 6.07 Å². The number of nitrogens with one attached hydrogen (secondary N) is 1. The molecule has 0 aliphatic rings. The number of hydrogen-bond donors (Lipinski definition) is 1. The van der Waals surface area contributed by atoms with Crippen LogP contribution in [0.5, 0.6) is 11.5 Å². The number of ether oxygens (including phenoxy) is 1. The molecule has 0 bridgehead atoms. The van der Waals surface area contributed by atoms with Gasteiger partial charge in [0.25, 0.3) is 0 Å². The molecule has 0 saturated carbocycles. The second kappa shape index (κ2) is 4.10. The first kappa shape index (κ1) is 10.7. The predicted octanol–water partition coefficient (Wildman–Crippen LogP) is 3.20. The molecule has 0 fully saturated rings. The number of H-pyrrole nitrogens is 1. The summed E-state index contributed by atoms with van der Waals surface area (Å²) in [5, 5.41) is 7.70. The quantitative estimate of drug-likeness (QED) is 0.752. The molecule has 3 rings (SSSR count). The molecule has 0 unspecified atom stereocenters. The average molecular weight is 243 g/mol. The number of halogens is 1. The second-order valence-electron chi connectivity index (χ2n) is 3.92. The highest BCUT2D eigenvalue weighted by atomic mass is 19.1. The number of aromatic nitrogens is 3. The van der Waals surface area contributed by atoms with Crippen molar-refractivity contribution in [2.45, 2.75) is 6.92 Å². The van der Waals surface area contributed by atoms with Crippen molar-refractivity contribution < 1.29 is 9.13 Å². The number of fused-ring (bicyclic) bond motifs is 1. The lowest BCUT2D eigenvalue weighted by atomic mass is 10.2. The minimum absolute atomic E-state index is 0.332. The van der Waals surface area contributed by atoms with Gasteiger partial charge in [0.15, 0.2) is 5.65 Å². The zero-order chi connectivity index (χ0) is 12.5. The number of hydrogen-bond acceptors (Lipinski definition) is 3. The van der Waals surface area contributed by atoms with E-state index in [0.29, 0.717) is 17.1 Å². The first-order valence-corrected chi connectivity index (χ1v) is 5.47. The summed E-state index contributed by atoms with van der Waals surface area (Å²) in [5.74, 6) is 0.724. The van der Waals surface area contributed by atoms with Gasteiger partial charge in [0.2, 0.25) is 0 Å². The fourth-order valence-electron chi connectivity index (χ4n) is 1.81. The molecule has 0 radical (unpaired) electrons. The van der Waals surface area contributed by atoms with Crippen molar-refractivity contribution in [3.05, 3.63) is 48.0 Å². The zero-order valence-corrected chi connectivity index (χ0v) is 9.64. The molecule has 90 valence electrons. The molecule has 0 atom stereocenters. The number of benzene rings is 1. The van der Waals surface area contributed by atoms with Gasteiger partial charge in [-0.15, -0.1) is 0 Å². The van der Waals surface area contributed by atoms with E-state index in [9.17, 15) is 4.39 Å². The normalized spacial score (nSPS) is 10.8. The minimum atomic E-state index is -0.332. The summed E-state index contributed by atoms with van der Waals surface area (Å²) in [4.78, 5) is 4.13. The highest BCUT2D eigenvalue weighted by Gasteiger charge is 2.10. The van der Waals surface area contributed by atoms with Crippen LogP contribution in [0, 0.1) is 12.7 Å². The maximum absolute atomic E-state index is 13.1. The van der Waals surface area contributed by atoms with Crippen LogP contribution in [0.15, 0.2) is 36.5 Å².